The molecule has 0 atom stereocenters. The van der Waals surface area contributed by atoms with Crippen molar-refractivity contribution < 1.29 is 4.79 Å². The second-order valence-corrected chi connectivity index (χ2v) is 7.27. The topological polar surface area (TPSA) is 57.8 Å². The average Bonchev–Trinajstić information content (AvgIpc) is 2.80. The molecule has 1 aromatic heterocycles. The first-order valence-corrected chi connectivity index (χ1v) is 7.68. The van der Waals surface area contributed by atoms with Crippen LogP contribution in [0.1, 0.15) is 36.8 Å². The highest BCUT2D eigenvalue weighted by Crippen LogP contribution is 2.24. The Labute approximate surface area is 134 Å². The van der Waals surface area contributed by atoms with Crippen LogP contribution in [0.5, 0.6) is 0 Å². The summed E-state index contributed by atoms with van der Waals surface area (Å²) >= 11 is 6.73. The number of aromatic amines is 1. The van der Waals surface area contributed by atoms with Gasteiger partial charge in [-0.15, -0.1) is 0 Å². The second kappa shape index (κ2) is 5.69. The van der Waals surface area contributed by atoms with E-state index < -0.39 is 0 Å². The molecule has 20 heavy (non-hydrogen) atoms. The van der Waals surface area contributed by atoms with Crippen LogP contribution in [0.2, 0.25) is 0 Å². The van der Waals surface area contributed by atoms with E-state index in [4.69, 9.17) is 0 Å². The second-order valence-electron chi connectivity index (χ2n) is 5.50. The monoisotopic (exact) mass is 399 g/mol. The number of amides is 1. The van der Waals surface area contributed by atoms with Crippen LogP contribution in [0.25, 0.3) is 0 Å². The number of H-pyrrole nitrogens is 1. The van der Waals surface area contributed by atoms with Crippen molar-refractivity contribution in [2.45, 2.75) is 26.2 Å². The lowest BCUT2D eigenvalue weighted by molar-refractivity contribution is 0.102. The van der Waals surface area contributed by atoms with Crippen molar-refractivity contribution in [3.8, 4) is 0 Å². The fourth-order valence-corrected chi connectivity index (χ4v) is 2.41. The summed E-state index contributed by atoms with van der Waals surface area (Å²) in [6, 6.07) is 7.30. The lowest BCUT2D eigenvalue weighted by Crippen LogP contribution is -2.13. The van der Waals surface area contributed by atoms with Gasteiger partial charge in [-0.25, -0.2) is 0 Å². The zero-order valence-electron chi connectivity index (χ0n) is 11.4. The number of halogens is 2. The summed E-state index contributed by atoms with van der Waals surface area (Å²) in [4.78, 5) is 12.2. The summed E-state index contributed by atoms with van der Waals surface area (Å²) in [5.74, 6) is 0.317. The molecule has 1 heterocycles. The van der Waals surface area contributed by atoms with Crippen LogP contribution in [0.4, 0.5) is 5.82 Å². The van der Waals surface area contributed by atoms with E-state index in [1.54, 1.807) is 6.07 Å². The molecular formula is C14H15Br2N3O. The minimum Gasteiger partial charge on any atom is -0.305 e. The van der Waals surface area contributed by atoms with Crippen LogP contribution in [-0.4, -0.2) is 16.1 Å². The maximum absolute atomic E-state index is 12.2. The van der Waals surface area contributed by atoms with Gasteiger partial charge in [0.25, 0.3) is 5.91 Å². The molecule has 0 aliphatic heterocycles. The van der Waals surface area contributed by atoms with Crippen LogP contribution in [0.15, 0.2) is 33.2 Å². The Morgan fingerprint density at radius 1 is 1.25 bits per heavy atom. The smallest absolute Gasteiger partial charge is 0.258 e. The molecule has 0 saturated heterocycles. The third-order valence-electron chi connectivity index (χ3n) is 2.80. The van der Waals surface area contributed by atoms with Crippen molar-refractivity contribution in [1.82, 2.24) is 10.2 Å². The molecule has 0 aliphatic rings. The molecule has 0 radical (unpaired) electrons. The number of hydrogen-bond acceptors (Lipinski definition) is 2. The van der Waals surface area contributed by atoms with E-state index in [1.807, 2.05) is 18.2 Å². The molecule has 0 saturated carbocycles. The zero-order chi connectivity index (χ0) is 14.9. The first-order valence-electron chi connectivity index (χ1n) is 6.09. The molecule has 4 nitrogen and oxygen atoms in total. The quantitative estimate of drug-likeness (QED) is 0.780. The number of hydrogen-bond donors (Lipinski definition) is 2. The standard InChI is InChI=1S/C14H15Br2N3O/c1-14(2,3)11-7-12(19-18-11)17-13(20)9-6-8(15)4-5-10(9)16/h4-7H,1-3H3,(H2,17,18,19,20). The van der Waals surface area contributed by atoms with Gasteiger partial charge in [0, 0.05) is 26.1 Å². The van der Waals surface area contributed by atoms with Crippen molar-refractivity contribution in [2.75, 3.05) is 5.32 Å². The minimum absolute atomic E-state index is 0.0354. The van der Waals surface area contributed by atoms with Crippen molar-refractivity contribution in [1.29, 1.82) is 0 Å². The number of benzene rings is 1. The SMILES string of the molecule is CC(C)(C)c1cc(NC(=O)c2cc(Br)ccc2Br)n[nH]1. The summed E-state index contributed by atoms with van der Waals surface area (Å²) in [5, 5.41) is 9.85. The highest BCUT2D eigenvalue weighted by atomic mass is 79.9. The van der Waals surface area contributed by atoms with Crippen molar-refractivity contribution in [3.63, 3.8) is 0 Å². The van der Waals surface area contributed by atoms with E-state index in [2.05, 4.69) is 68.1 Å². The molecule has 0 fully saturated rings. The number of rotatable bonds is 2. The number of anilines is 1. The Bertz CT molecular complexity index is 644. The Hall–Kier alpha value is -1.14. The summed E-state index contributed by atoms with van der Waals surface area (Å²) in [7, 11) is 0. The van der Waals surface area contributed by atoms with Crippen molar-refractivity contribution >= 4 is 43.6 Å². The maximum Gasteiger partial charge on any atom is 0.258 e. The summed E-state index contributed by atoms with van der Waals surface area (Å²) in [6.07, 6.45) is 0. The van der Waals surface area contributed by atoms with Gasteiger partial charge in [-0.1, -0.05) is 36.7 Å². The Morgan fingerprint density at radius 3 is 2.55 bits per heavy atom. The number of nitrogens with zero attached hydrogens (tertiary/aromatic N) is 1. The largest absolute Gasteiger partial charge is 0.305 e. The van der Waals surface area contributed by atoms with Gasteiger partial charge in [-0.3, -0.25) is 9.89 Å². The van der Waals surface area contributed by atoms with Gasteiger partial charge in [-0.2, -0.15) is 5.10 Å². The van der Waals surface area contributed by atoms with E-state index in [-0.39, 0.29) is 11.3 Å². The van der Waals surface area contributed by atoms with Gasteiger partial charge in [0.2, 0.25) is 0 Å². The van der Waals surface area contributed by atoms with E-state index in [9.17, 15) is 4.79 Å². The van der Waals surface area contributed by atoms with E-state index in [1.165, 1.54) is 0 Å². The Kier molecular flexibility index (Phi) is 4.34. The van der Waals surface area contributed by atoms with Gasteiger partial charge < -0.3 is 5.32 Å². The Morgan fingerprint density at radius 2 is 1.95 bits per heavy atom. The number of aromatic nitrogens is 2. The van der Waals surface area contributed by atoms with Crippen LogP contribution in [0, 0.1) is 0 Å². The molecule has 1 aromatic carbocycles. The molecule has 2 rings (SSSR count). The molecule has 6 heteroatoms. The fourth-order valence-electron chi connectivity index (χ4n) is 1.63. The van der Waals surface area contributed by atoms with E-state index >= 15 is 0 Å². The van der Waals surface area contributed by atoms with Crippen LogP contribution in [0.3, 0.4) is 0 Å². The zero-order valence-corrected chi connectivity index (χ0v) is 14.6. The summed E-state index contributed by atoms with van der Waals surface area (Å²) in [6.45, 7) is 6.24. The average molecular weight is 401 g/mol. The van der Waals surface area contributed by atoms with E-state index in [0.717, 1.165) is 14.6 Å². The highest BCUT2D eigenvalue weighted by molar-refractivity contribution is 9.11. The normalized spacial score (nSPS) is 11.4. The van der Waals surface area contributed by atoms with Gasteiger partial charge in [0.15, 0.2) is 5.82 Å². The third kappa shape index (κ3) is 3.49. The third-order valence-corrected chi connectivity index (χ3v) is 3.99. The predicted molar refractivity (Wildman–Crippen MR) is 87.1 cm³/mol. The van der Waals surface area contributed by atoms with Gasteiger partial charge in [0.1, 0.15) is 0 Å². The van der Waals surface area contributed by atoms with Crippen LogP contribution in [-0.2, 0) is 5.41 Å². The van der Waals surface area contributed by atoms with Crippen LogP contribution < -0.4 is 5.32 Å². The van der Waals surface area contributed by atoms with Gasteiger partial charge in [0.05, 0.1) is 5.56 Å². The van der Waals surface area contributed by atoms with E-state index in [0.29, 0.717) is 11.4 Å². The highest BCUT2D eigenvalue weighted by Gasteiger charge is 2.18. The number of carbonyl (C=O) groups is 1. The minimum atomic E-state index is -0.204. The summed E-state index contributed by atoms with van der Waals surface area (Å²) in [5.41, 5.74) is 1.49. The summed E-state index contributed by atoms with van der Waals surface area (Å²) < 4.78 is 1.59. The maximum atomic E-state index is 12.2. The molecule has 2 aromatic rings. The molecule has 106 valence electrons. The van der Waals surface area contributed by atoms with Crippen LogP contribution >= 0.6 is 31.9 Å². The molecule has 0 bridgehead atoms. The molecule has 0 aliphatic carbocycles. The predicted octanol–water partition coefficient (Wildman–Crippen LogP) is 4.48. The first-order chi connectivity index (χ1) is 9.27. The Balaban J connectivity index is 2.20. The first kappa shape index (κ1) is 15.3. The van der Waals surface area contributed by atoms with Crippen molar-refractivity contribution in [3.05, 3.63) is 44.5 Å². The molecular weight excluding hydrogens is 386 g/mol. The molecule has 0 spiro atoms. The lowest BCUT2D eigenvalue weighted by Gasteiger charge is -2.14. The number of nitrogens with one attached hydrogen (secondary N) is 2. The fraction of sp³-hybridized carbons (Fsp3) is 0.286. The molecule has 2 N–H and O–H groups in total. The van der Waals surface area contributed by atoms with Gasteiger partial charge >= 0.3 is 0 Å². The molecule has 0 unspecified atom stereocenters. The lowest BCUT2D eigenvalue weighted by atomic mass is 9.92. The van der Waals surface area contributed by atoms with Gasteiger partial charge in [-0.05, 0) is 34.1 Å². The van der Waals surface area contributed by atoms with Crippen molar-refractivity contribution in [2.24, 2.45) is 0 Å². The molecule has 1 amide bonds. The number of carbonyl (C=O) groups excluding carboxylic acids is 1.